The van der Waals surface area contributed by atoms with Gasteiger partial charge in [-0.05, 0) is 31.5 Å². The molecule has 1 nitrogen and oxygen atoms in total. The molecule has 14 heavy (non-hydrogen) atoms. The predicted molar refractivity (Wildman–Crippen MR) is 61.2 cm³/mol. The Balaban J connectivity index is 2.88. The van der Waals surface area contributed by atoms with E-state index >= 15 is 0 Å². The van der Waals surface area contributed by atoms with Crippen LogP contribution < -0.4 is 5.73 Å². The third-order valence-electron chi connectivity index (χ3n) is 2.05. The van der Waals surface area contributed by atoms with Gasteiger partial charge in [0.15, 0.2) is 0 Å². The van der Waals surface area contributed by atoms with E-state index in [0.717, 1.165) is 12.0 Å². The van der Waals surface area contributed by atoms with Crippen LogP contribution in [0.15, 0.2) is 24.3 Å². The lowest BCUT2D eigenvalue weighted by molar-refractivity contribution is 0.586. The number of hydrogen-bond donors (Lipinski definition) is 1. The molecule has 0 saturated heterocycles. The monoisotopic (exact) mass is 207 g/mol. The molecule has 1 aromatic rings. The van der Waals surface area contributed by atoms with Crippen LogP contribution in [0.4, 0.5) is 0 Å². The van der Waals surface area contributed by atoms with Crippen molar-refractivity contribution in [1.82, 2.24) is 0 Å². The molecule has 0 aliphatic heterocycles. The van der Waals surface area contributed by atoms with Crippen molar-refractivity contribution in [2.45, 2.75) is 25.8 Å². The lowest BCUT2D eigenvalue weighted by atomic mass is 10.0. The molecule has 0 bridgehead atoms. The van der Waals surface area contributed by atoms with E-state index in [1.165, 1.54) is 0 Å². The minimum Gasteiger partial charge on any atom is -0.315 e. The normalized spacial score (nSPS) is 14.0. The summed E-state index contributed by atoms with van der Waals surface area (Å²) in [6.45, 7) is 3.94. The molecule has 0 fully saturated rings. The van der Waals surface area contributed by atoms with Crippen molar-refractivity contribution >= 4 is 11.6 Å². The average Bonchev–Trinajstić information content (AvgIpc) is 2.15. The van der Waals surface area contributed by atoms with Crippen LogP contribution >= 0.6 is 11.6 Å². The zero-order valence-electron chi connectivity index (χ0n) is 8.47. The second-order valence-electron chi connectivity index (χ2n) is 3.53. The minimum atomic E-state index is -0.414. The van der Waals surface area contributed by atoms with Gasteiger partial charge in [0.1, 0.15) is 0 Å². The number of hydrogen-bond acceptors (Lipinski definition) is 1. The summed E-state index contributed by atoms with van der Waals surface area (Å²) in [5.41, 5.74) is 6.39. The fourth-order valence-corrected chi connectivity index (χ4v) is 1.06. The molecule has 2 N–H and O–H groups in total. The first kappa shape index (κ1) is 11.1. The van der Waals surface area contributed by atoms with Gasteiger partial charge in [0, 0.05) is 10.6 Å². The maximum Gasteiger partial charge on any atom is 0.0748 e. The van der Waals surface area contributed by atoms with Gasteiger partial charge in [-0.25, -0.2) is 0 Å². The first-order chi connectivity index (χ1) is 6.53. The van der Waals surface area contributed by atoms with Crippen molar-refractivity contribution in [2.75, 3.05) is 0 Å². The van der Waals surface area contributed by atoms with E-state index in [0.29, 0.717) is 5.02 Å². The van der Waals surface area contributed by atoms with Crippen LogP contribution in [0, 0.1) is 11.8 Å². The Labute approximate surface area is 90.3 Å². The van der Waals surface area contributed by atoms with Crippen LogP contribution in [-0.2, 0) is 0 Å². The fraction of sp³-hybridized carbons (Fsp3) is 0.333. The van der Waals surface area contributed by atoms with Crippen molar-refractivity contribution < 1.29 is 0 Å². The highest BCUT2D eigenvalue weighted by atomic mass is 35.5. The zero-order valence-corrected chi connectivity index (χ0v) is 9.23. The second kappa shape index (κ2) is 4.50. The molecule has 2 heteroatoms. The summed E-state index contributed by atoms with van der Waals surface area (Å²) in [5, 5.41) is 0.701. The maximum atomic E-state index is 5.90. The molecule has 1 rings (SSSR count). The highest BCUT2D eigenvalue weighted by Crippen LogP contribution is 2.10. The average molecular weight is 208 g/mol. The summed E-state index contributed by atoms with van der Waals surface area (Å²) in [6, 6.07) is 7.46. The van der Waals surface area contributed by atoms with Gasteiger partial charge in [0.2, 0.25) is 0 Å². The molecule has 0 heterocycles. The van der Waals surface area contributed by atoms with Crippen LogP contribution in [0.3, 0.4) is 0 Å². The molecule has 1 aromatic carbocycles. The van der Waals surface area contributed by atoms with Gasteiger partial charge < -0.3 is 5.73 Å². The van der Waals surface area contributed by atoms with Crippen LogP contribution in [0.2, 0.25) is 5.02 Å². The zero-order chi connectivity index (χ0) is 10.6. The Bertz CT molecular complexity index is 371. The van der Waals surface area contributed by atoms with Gasteiger partial charge in [-0.2, -0.15) is 0 Å². The van der Waals surface area contributed by atoms with Gasteiger partial charge in [-0.3, -0.25) is 0 Å². The molecule has 1 atom stereocenters. The fourth-order valence-electron chi connectivity index (χ4n) is 0.870. The van der Waals surface area contributed by atoms with Crippen LogP contribution in [0.1, 0.15) is 25.8 Å². The Hall–Kier alpha value is -0.970. The summed E-state index contributed by atoms with van der Waals surface area (Å²) in [6.07, 6.45) is 0.834. The van der Waals surface area contributed by atoms with E-state index in [-0.39, 0.29) is 0 Å². The highest BCUT2D eigenvalue weighted by molar-refractivity contribution is 6.30. The molecular weight excluding hydrogens is 194 g/mol. The Morgan fingerprint density at radius 1 is 1.50 bits per heavy atom. The van der Waals surface area contributed by atoms with Gasteiger partial charge in [-0.15, -0.1) is 0 Å². The van der Waals surface area contributed by atoms with Gasteiger partial charge in [-0.1, -0.05) is 36.4 Å². The number of nitrogens with two attached hydrogens (primary N) is 1. The highest BCUT2D eigenvalue weighted by Gasteiger charge is 2.09. The van der Waals surface area contributed by atoms with E-state index in [4.69, 9.17) is 17.3 Å². The van der Waals surface area contributed by atoms with Crippen LogP contribution in [-0.4, -0.2) is 5.54 Å². The smallest absolute Gasteiger partial charge is 0.0748 e. The first-order valence-corrected chi connectivity index (χ1v) is 4.99. The van der Waals surface area contributed by atoms with Crippen molar-refractivity contribution in [2.24, 2.45) is 5.73 Å². The van der Waals surface area contributed by atoms with E-state index in [1.807, 2.05) is 38.1 Å². The molecule has 0 amide bonds. The summed E-state index contributed by atoms with van der Waals surface area (Å²) in [4.78, 5) is 0. The summed E-state index contributed by atoms with van der Waals surface area (Å²) in [7, 11) is 0. The van der Waals surface area contributed by atoms with Gasteiger partial charge in [0.05, 0.1) is 5.54 Å². The lowest BCUT2D eigenvalue weighted by Crippen LogP contribution is -2.32. The Morgan fingerprint density at radius 3 is 2.79 bits per heavy atom. The number of benzene rings is 1. The van der Waals surface area contributed by atoms with Gasteiger partial charge >= 0.3 is 0 Å². The molecule has 0 saturated carbocycles. The second-order valence-corrected chi connectivity index (χ2v) is 3.97. The molecule has 0 spiro atoms. The molecule has 1 unspecified atom stereocenters. The Morgan fingerprint density at radius 2 is 2.21 bits per heavy atom. The number of rotatable bonds is 1. The number of halogens is 1. The van der Waals surface area contributed by atoms with Crippen molar-refractivity contribution in [1.29, 1.82) is 0 Å². The summed E-state index contributed by atoms with van der Waals surface area (Å²) >= 11 is 5.83. The molecule has 0 aromatic heterocycles. The summed E-state index contributed by atoms with van der Waals surface area (Å²) in [5.74, 6) is 6.04. The van der Waals surface area contributed by atoms with Crippen molar-refractivity contribution in [3.8, 4) is 11.8 Å². The van der Waals surface area contributed by atoms with Crippen LogP contribution in [0.5, 0.6) is 0 Å². The predicted octanol–water partition coefficient (Wildman–Crippen LogP) is 2.82. The van der Waals surface area contributed by atoms with Crippen molar-refractivity contribution in [3.05, 3.63) is 34.9 Å². The Kier molecular flexibility index (Phi) is 3.57. The molecule has 0 aliphatic carbocycles. The molecule has 0 aliphatic rings. The third kappa shape index (κ3) is 3.41. The van der Waals surface area contributed by atoms with Crippen molar-refractivity contribution in [3.63, 3.8) is 0 Å². The topological polar surface area (TPSA) is 26.0 Å². The lowest BCUT2D eigenvalue weighted by Gasteiger charge is -2.13. The minimum absolute atomic E-state index is 0.414. The van der Waals surface area contributed by atoms with Gasteiger partial charge in [0.25, 0.3) is 0 Å². The van der Waals surface area contributed by atoms with Crippen LogP contribution in [0.25, 0.3) is 0 Å². The molecular formula is C12H14ClN. The van der Waals surface area contributed by atoms with E-state index in [1.54, 1.807) is 0 Å². The van der Waals surface area contributed by atoms with E-state index < -0.39 is 5.54 Å². The SMILES string of the molecule is CCC(C)(N)C#Cc1cccc(Cl)c1. The molecule has 0 radical (unpaired) electrons. The van der Waals surface area contributed by atoms with E-state index in [2.05, 4.69) is 11.8 Å². The molecule has 74 valence electrons. The van der Waals surface area contributed by atoms with E-state index in [9.17, 15) is 0 Å². The maximum absolute atomic E-state index is 5.90. The quantitative estimate of drug-likeness (QED) is 0.705. The first-order valence-electron chi connectivity index (χ1n) is 4.61. The third-order valence-corrected chi connectivity index (χ3v) is 2.29. The largest absolute Gasteiger partial charge is 0.315 e. The summed E-state index contributed by atoms with van der Waals surface area (Å²) < 4.78 is 0. The standard InChI is InChI=1S/C12H14ClN/c1-3-12(2,14)8-7-10-5-4-6-11(13)9-10/h4-6,9H,3,14H2,1-2H3.